The third-order valence-corrected chi connectivity index (χ3v) is 5.36. The van der Waals surface area contributed by atoms with Crippen molar-refractivity contribution < 1.29 is 4.79 Å². The highest BCUT2D eigenvalue weighted by atomic mass is 32.2. The molecule has 0 saturated carbocycles. The molecule has 0 aliphatic rings. The molecule has 4 heteroatoms. The first-order valence-corrected chi connectivity index (χ1v) is 10.0. The van der Waals surface area contributed by atoms with Crippen LogP contribution >= 0.6 is 11.8 Å². The zero-order valence-electron chi connectivity index (χ0n) is 16.1. The molecule has 0 bridgehead atoms. The van der Waals surface area contributed by atoms with Crippen LogP contribution in [0, 0.1) is 6.92 Å². The summed E-state index contributed by atoms with van der Waals surface area (Å²) in [4.78, 5) is 12.0. The van der Waals surface area contributed by atoms with Crippen molar-refractivity contribution in [2.75, 3.05) is 5.75 Å². The minimum Gasteiger partial charge on any atom is -0.272 e. The van der Waals surface area contributed by atoms with Crippen LogP contribution in [0.1, 0.15) is 43.9 Å². The molecule has 2 aromatic rings. The van der Waals surface area contributed by atoms with Gasteiger partial charge >= 0.3 is 0 Å². The molecule has 2 aromatic carbocycles. The van der Waals surface area contributed by atoms with Gasteiger partial charge in [-0.3, -0.25) is 4.79 Å². The third-order valence-electron chi connectivity index (χ3n) is 4.38. The predicted octanol–water partition coefficient (Wildman–Crippen LogP) is 5.09. The number of hydrazone groups is 1. The molecule has 138 valence electrons. The molecule has 0 atom stereocenters. The largest absolute Gasteiger partial charge is 0.272 e. The summed E-state index contributed by atoms with van der Waals surface area (Å²) < 4.78 is 0. The highest BCUT2D eigenvalue weighted by Gasteiger charge is 2.21. The Morgan fingerprint density at radius 3 is 2.42 bits per heavy atom. The van der Waals surface area contributed by atoms with Gasteiger partial charge in [0.05, 0.1) is 5.75 Å². The van der Waals surface area contributed by atoms with Crippen molar-refractivity contribution in [3.8, 4) is 0 Å². The molecule has 2 rings (SSSR count). The standard InChI is InChI=1S/C22H28N2OS/c1-17-10-8-9-11-19(17)15-26-16-21(25)24-23-18(2)14-22(3,4)20-12-6-5-7-13-20/h5-13H,14-16H2,1-4H3,(H,24,25)/b23-18-. The van der Waals surface area contributed by atoms with Gasteiger partial charge < -0.3 is 0 Å². The van der Waals surface area contributed by atoms with Gasteiger partial charge in [-0.1, -0.05) is 68.4 Å². The van der Waals surface area contributed by atoms with Gasteiger partial charge in [0, 0.05) is 11.5 Å². The molecule has 1 amide bonds. The molecule has 0 saturated heterocycles. The number of hydrogen-bond acceptors (Lipinski definition) is 3. The lowest BCUT2D eigenvalue weighted by Gasteiger charge is -2.25. The summed E-state index contributed by atoms with van der Waals surface area (Å²) in [5.74, 6) is 1.19. The van der Waals surface area contributed by atoms with E-state index in [1.165, 1.54) is 16.7 Å². The van der Waals surface area contributed by atoms with E-state index in [-0.39, 0.29) is 11.3 Å². The summed E-state index contributed by atoms with van der Waals surface area (Å²) in [7, 11) is 0. The second-order valence-corrected chi connectivity index (χ2v) is 8.21. The van der Waals surface area contributed by atoms with Crippen LogP contribution in [-0.4, -0.2) is 17.4 Å². The SMILES string of the molecule is C/C(CC(C)(C)c1ccccc1)=N/NC(=O)CSCc1ccccc1C. The van der Waals surface area contributed by atoms with Crippen LogP contribution in [0.2, 0.25) is 0 Å². The van der Waals surface area contributed by atoms with Crippen LogP contribution < -0.4 is 5.43 Å². The molecule has 0 radical (unpaired) electrons. The van der Waals surface area contributed by atoms with Gasteiger partial charge in [0.2, 0.25) is 5.91 Å². The van der Waals surface area contributed by atoms with Gasteiger partial charge in [0.15, 0.2) is 0 Å². The maximum atomic E-state index is 12.0. The van der Waals surface area contributed by atoms with Crippen molar-refractivity contribution in [1.82, 2.24) is 5.43 Å². The summed E-state index contributed by atoms with van der Waals surface area (Å²) in [5, 5.41) is 4.28. The number of carbonyl (C=O) groups excluding carboxylic acids is 1. The molecule has 3 nitrogen and oxygen atoms in total. The zero-order chi connectivity index (χ0) is 19.0. The number of nitrogens with one attached hydrogen (secondary N) is 1. The monoisotopic (exact) mass is 368 g/mol. The normalized spacial score (nSPS) is 12.1. The Morgan fingerprint density at radius 2 is 1.73 bits per heavy atom. The first-order valence-electron chi connectivity index (χ1n) is 8.88. The number of aryl methyl sites for hydroxylation is 1. The second-order valence-electron chi connectivity index (χ2n) is 7.23. The average Bonchev–Trinajstić information content (AvgIpc) is 2.62. The van der Waals surface area contributed by atoms with E-state index < -0.39 is 0 Å². The number of carbonyl (C=O) groups is 1. The average molecular weight is 369 g/mol. The van der Waals surface area contributed by atoms with Crippen LogP contribution in [0.3, 0.4) is 0 Å². The minimum atomic E-state index is -0.0551. The molecule has 0 aromatic heterocycles. The molecule has 0 aliphatic heterocycles. The molecule has 0 fully saturated rings. The summed E-state index contributed by atoms with van der Waals surface area (Å²) in [6, 6.07) is 18.7. The van der Waals surface area contributed by atoms with Crippen molar-refractivity contribution in [3.63, 3.8) is 0 Å². The van der Waals surface area contributed by atoms with Crippen molar-refractivity contribution in [3.05, 3.63) is 71.3 Å². The Morgan fingerprint density at radius 1 is 1.08 bits per heavy atom. The summed E-state index contributed by atoms with van der Waals surface area (Å²) in [6.45, 7) is 8.45. The number of thioether (sulfide) groups is 1. The third kappa shape index (κ3) is 6.34. The Balaban J connectivity index is 1.79. The predicted molar refractivity (Wildman–Crippen MR) is 113 cm³/mol. The second kappa shape index (κ2) is 9.58. The van der Waals surface area contributed by atoms with Crippen LogP contribution in [0.5, 0.6) is 0 Å². The lowest BCUT2D eigenvalue weighted by molar-refractivity contribution is -0.118. The molecule has 1 N–H and O–H groups in total. The van der Waals surface area contributed by atoms with Gasteiger partial charge in [-0.25, -0.2) is 5.43 Å². The minimum absolute atomic E-state index is 0.0147. The van der Waals surface area contributed by atoms with Gasteiger partial charge in [-0.2, -0.15) is 5.10 Å². The van der Waals surface area contributed by atoms with E-state index in [1.54, 1.807) is 11.8 Å². The van der Waals surface area contributed by atoms with E-state index in [9.17, 15) is 4.79 Å². The lowest BCUT2D eigenvalue weighted by Crippen LogP contribution is -2.25. The van der Waals surface area contributed by atoms with Crippen molar-refractivity contribution in [2.24, 2.45) is 5.10 Å². The summed E-state index contributed by atoms with van der Waals surface area (Å²) >= 11 is 1.61. The molecule has 0 unspecified atom stereocenters. The van der Waals surface area contributed by atoms with E-state index in [0.717, 1.165) is 17.9 Å². The highest BCUT2D eigenvalue weighted by Crippen LogP contribution is 2.27. The fourth-order valence-electron chi connectivity index (χ4n) is 2.89. The van der Waals surface area contributed by atoms with Gasteiger partial charge in [-0.05, 0) is 42.4 Å². The Bertz CT molecular complexity index is 754. The van der Waals surface area contributed by atoms with Crippen LogP contribution in [-0.2, 0) is 16.0 Å². The fourth-order valence-corrected chi connectivity index (χ4v) is 3.78. The van der Waals surface area contributed by atoms with Crippen molar-refractivity contribution in [2.45, 2.75) is 45.3 Å². The van der Waals surface area contributed by atoms with E-state index >= 15 is 0 Å². The van der Waals surface area contributed by atoms with E-state index in [2.05, 4.69) is 67.7 Å². The number of nitrogens with zero attached hydrogens (tertiary/aromatic N) is 1. The quantitative estimate of drug-likeness (QED) is 0.521. The smallest absolute Gasteiger partial charge is 0.250 e. The molecule has 0 heterocycles. The van der Waals surface area contributed by atoms with Crippen molar-refractivity contribution in [1.29, 1.82) is 0 Å². The number of amides is 1. The van der Waals surface area contributed by atoms with E-state index in [4.69, 9.17) is 0 Å². The van der Waals surface area contributed by atoms with E-state index in [1.807, 2.05) is 25.1 Å². The first-order chi connectivity index (χ1) is 12.4. The molecule has 0 spiro atoms. The topological polar surface area (TPSA) is 41.5 Å². The molecule has 26 heavy (non-hydrogen) atoms. The Hall–Kier alpha value is -2.07. The number of rotatable bonds is 8. The fraction of sp³-hybridized carbons (Fsp3) is 0.364. The summed E-state index contributed by atoms with van der Waals surface area (Å²) in [5.41, 5.74) is 7.40. The van der Waals surface area contributed by atoms with Gasteiger partial charge in [0.1, 0.15) is 0 Å². The van der Waals surface area contributed by atoms with Crippen LogP contribution in [0.4, 0.5) is 0 Å². The zero-order valence-corrected chi connectivity index (χ0v) is 16.9. The number of hydrogen-bond donors (Lipinski definition) is 1. The Kier molecular flexibility index (Phi) is 7.46. The lowest BCUT2D eigenvalue weighted by atomic mass is 9.80. The first kappa shape index (κ1) is 20.2. The van der Waals surface area contributed by atoms with Gasteiger partial charge in [0.25, 0.3) is 0 Å². The number of benzene rings is 2. The molecular formula is C22H28N2OS. The Labute approximate surface area is 161 Å². The van der Waals surface area contributed by atoms with Crippen LogP contribution in [0.15, 0.2) is 59.7 Å². The molecular weight excluding hydrogens is 340 g/mol. The van der Waals surface area contributed by atoms with Gasteiger partial charge in [-0.15, -0.1) is 11.8 Å². The highest BCUT2D eigenvalue weighted by molar-refractivity contribution is 7.99. The maximum absolute atomic E-state index is 12.0. The van der Waals surface area contributed by atoms with E-state index in [0.29, 0.717) is 5.75 Å². The van der Waals surface area contributed by atoms with Crippen LogP contribution in [0.25, 0.3) is 0 Å². The summed E-state index contributed by atoms with van der Waals surface area (Å²) in [6.07, 6.45) is 0.799. The maximum Gasteiger partial charge on any atom is 0.250 e. The van der Waals surface area contributed by atoms with Crippen molar-refractivity contribution >= 4 is 23.4 Å². The molecule has 0 aliphatic carbocycles.